The van der Waals surface area contributed by atoms with Crippen LogP contribution in [0.2, 0.25) is 0 Å². The fraction of sp³-hybridized carbons (Fsp3) is 0.600. The third-order valence-corrected chi connectivity index (χ3v) is 5.29. The SMILES string of the molecule is Cc1ccccc1CNC(=O)CN1CCN(C(=O)CN2CCOCC2)CC1. The van der Waals surface area contributed by atoms with Gasteiger partial charge in [0.25, 0.3) is 0 Å². The number of amides is 2. The van der Waals surface area contributed by atoms with Crippen LogP contribution < -0.4 is 5.32 Å². The van der Waals surface area contributed by atoms with Crippen molar-refractivity contribution in [1.29, 1.82) is 0 Å². The standard InChI is InChI=1S/C20H30N4O3/c1-17-4-2-3-5-18(17)14-21-19(25)15-22-6-8-24(9-7-22)20(26)16-23-10-12-27-13-11-23/h2-5H,6-16H2,1H3,(H,21,25). The minimum Gasteiger partial charge on any atom is -0.379 e. The Hall–Kier alpha value is -1.96. The quantitative estimate of drug-likeness (QED) is 0.765. The summed E-state index contributed by atoms with van der Waals surface area (Å²) in [6, 6.07) is 8.07. The topological polar surface area (TPSA) is 65.1 Å². The Morgan fingerprint density at radius 3 is 2.33 bits per heavy atom. The largest absolute Gasteiger partial charge is 0.379 e. The van der Waals surface area contributed by atoms with Crippen molar-refractivity contribution < 1.29 is 14.3 Å². The molecule has 27 heavy (non-hydrogen) atoms. The maximum atomic E-state index is 12.4. The molecule has 0 aromatic heterocycles. The zero-order valence-electron chi connectivity index (χ0n) is 16.2. The first-order valence-electron chi connectivity index (χ1n) is 9.73. The predicted molar refractivity (Wildman–Crippen MR) is 103 cm³/mol. The predicted octanol–water partition coefficient (Wildman–Crippen LogP) is 0.0876. The van der Waals surface area contributed by atoms with Gasteiger partial charge in [0, 0.05) is 45.8 Å². The number of nitrogens with zero attached hydrogens (tertiary/aromatic N) is 3. The normalized spacial score (nSPS) is 19.1. The van der Waals surface area contributed by atoms with Crippen LogP contribution in [-0.4, -0.2) is 92.1 Å². The van der Waals surface area contributed by atoms with E-state index in [1.54, 1.807) is 0 Å². The van der Waals surface area contributed by atoms with Crippen molar-refractivity contribution in [3.05, 3.63) is 35.4 Å². The maximum Gasteiger partial charge on any atom is 0.236 e. The van der Waals surface area contributed by atoms with Gasteiger partial charge in [-0.25, -0.2) is 0 Å². The summed E-state index contributed by atoms with van der Waals surface area (Å²) in [5.74, 6) is 0.215. The molecule has 0 spiro atoms. The Labute approximate surface area is 161 Å². The molecule has 0 unspecified atom stereocenters. The molecule has 148 valence electrons. The molecule has 0 atom stereocenters. The van der Waals surface area contributed by atoms with Gasteiger partial charge in [-0.1, -0.05) is 24.3 Å². The van der Waals surface area contributed by atoms with Crippen LogP contribution in [0.15, 0.2) is 24.3 Å². The third-order valence-electron chi connectivity index (χ3n) is 5.29. The molecule has 0 bridgehead atoms. The fourth-order valence-electron chi connectivity index (χ4n) is 3.47. The van der Waals surface area contributed by atoms with Crippen molar-refractivity contribution in [2.75, 3.05) is 65.6 Å². The van der Waals surface area contributed by atoms with E-state index in [9.17, 15) is 9.59 Å². The van der Waals surface area contributed by atoms with E-state index in [2.05, 4.69) is 28.1 Å². The molecule has 7 heteroatoms. The Morgan fingerprint density at radius 2 is 1.63 bits per heavy atom. The lowest BCUT2D eigenvalue weighted by atomic mass is 10.1. The van der Waals surface area contributed by atoms with Gasteiger partial charge < -0.3 is 15.0 Å². The van der Waals surface area contributed by atoms with E-state index in [0.717, 1.165) is 31.7 Å². The molecule has 2 aliphatic rings. The maximum absolute atomic E-state index is 12.4. The molecule has 2 aliphatic heterocycles. The highest BCUT2D eigenvalue weighted by molar-refractivity contribution is 5.79. The molecule has 1 aromatic rings. The van der Waals surface area contributed by atoms with Crippen molar-refractivity contribution in [1.82, 2.24) is 20.0 Å². The molecule has 2 fully saturated rings. The van der Waals surface area contributed by atoms with Gasteiger partial charge in [-0.2, -0.15) is 0 Å². The van der Waals surface area contributed by atoms with Crippen molar-refractivity contribution in [2.24, 2.45) is 0 Å². The Balaban J connectivity index is 1.35. The number of morpholine rings is 1. The van der Waals surface area contributed by atoms with Crippen molar-refractivity contribution >= 4 is 11.8 Å². The summed E-state index contributed by atoms with van der Waals surface area (Å²) in [5.41, 5.74) is 2.33. The van der Waals surface area contributed by atoms with E-state index in [-0.39, 0.29) is 11.8 Å². The highest BCUT2D eigenvalue weighted by Crippen LogP contribution is 2.07. The zero-order chi connectivity index (χ0) is 19.1. The number of piperazine rings is 1. The molecule has 2 amide bonds. The second kappa shape index (κ2) is 9.82. The highest BCUT2D eigenvalue weighted by Gasteiger charge is 2.24. The number of aryl methyl sites for hydroxylation is 1. The molecule has 0 aliphatic carbocycles. The summed E-state index contributed by atoms with van der Waals surface area (Å²) in [4.78, 5) is 30.8. The number of ether oxygens (including phenoxy) is 1. The van der Waals surface area contributed by atoms with Gasteiger partial charge in [-0.3, -0.25) is 19.4 Å². The summed E-state index contributed by atoms with van der Waals surface area (Å²) in [6.45, 7) is 9.40. The summed E-state index contributed by atoms with van der Waals surface area (Å²) >= 11 is 0. The van der Waals surface area contributed by atoms with Crippen LogP contribution in [0.3, 0.4) is 0 Å². The zero-order valence-corrected chi connectivity index (χ0v) is 16.2. The van der Waals surface area contributed by atoms with Crippen LogP contribution in [0.4, 0.5) is 0 Å². The number of hydrogen-bond acceptors (Lipinski definition) is 5. The van der Waals surface area contributed by atoms with Gasteiger partial charge in [0.2, 0.25) is 11.8 Å². The molecule has 0 radical (unpaired) electrons. The summed E-state index contributed by atoms with van der Waals surface area (Å²) in [6.07, 6.45) is 0. The van der Waals surface area contributed by atoms with Crippen LogP contribution in [0, 0.1) is 6.92 Å². The van der Waals surface area contributed by atoms with E-state index < -0.39 is 0 Å². The van der Waals surface area contributed by atoms with Crippen LogP contribution in [0.1, 0.15) is 11.1 Å². The first-order valence-corrected chi connectivity index (χ1v) is 9.73. The lowest BCUT2D eigenvalue weighted by Gasteiger charge is -2.36. The van der Waals surface area contributed by atoms with E-state index in [1.807, 2.05) is 23.1 Å². The molecule has 3 rings (SSSR count). The van der Waals surface area contributed by atoms with Gasteiger partial charge >= 0.3 is 0 Å². The van der Waals surface area contributed by atoms with Gasteiger partial charge in [0.05, 0.1) is 26.3 Å². The first-order chi connectivity index (χ1) is 13.1. The molecular formula is C20H30N4O3. The number of carbonyl (C=O) groups is 2. The van der Waals surface area contributed by atoms with Crippen LogP contribution in [0.5, 0.6) is 0 Å². The number of carbonyl (C=O) groups excluding carboxylic acids is 2. The van der Waals surface area contributed by atoms with E-state index in [4.69, 9.17) is 4.74 Å². The molecule has 1 aromatic carbocycles. The van der Waals surface area contributed by atoms with Crippen LogP contribution >= 0.6 is 0 Å². The number of rotatable bonds is 6. The van der Waals surface area contributed by atoms with Crippen molar-refractivity contribution in [3.8, 4) is 0 Å². The van der Waals surface area contributed by atoms with Gasteiger partial charge in [-0.15, -0.1) is 0 Å². The fourth-order valence-corrected chi connectivity index (χ4v) is 3.47. The van der Waals surface area contributed by atoms with Gasteiger partial charge in [0.1, 0.15) is 0 Å². The monoisotopic (exact) mass is 374 g/mol. The average molecular weight is 374 g/mol. The summed E-state index contributed by atoms with van der Waals surface area (Å²) in [7, 11) is 0. The molecule has 2 heterocycles. The highest BCUT2D eigenvalue weighted by atomic mass is 16.5. The number of benzene rings is 1. The number of hydrogen-bond donors (Lipinski definition) is 1. The minimum absolute atomic E-state index is 0.0337. The second-order valence-electron chi connectivity index (χ2n) is 7.25. The van der Waals surface area contributed by atoms with E-state index in [0.29, 0.717) is 45.9 Å². The lowest BCUT2D eigenvalue weighted by molar-refractivity contribution is -0.135. The minimum atomic E-state index is 0.0337. The van der Waals surface area contributed by atoms with E-state index in [1.165, 1.54) is 5.56 Å². The van der Waals surface area contributed by atoms with Gasteiger partial charge in [-0.05, 0) is 18.1 Å². The summed E-state index contributed by atoms with van der Waals surface area (Å²) in [5, 5.41) is 3.00. The van der Waals surface area contributed by atoms with E-state index >= 15 is 0 Å². The molecule has 7 nitrogen and oxygen atoms in total. The first kappa shape index (κ1) is 19.8. The molecular weight excluding hydrogens is 344 g/mol. The second-order valence-corrected chi connectivity index (χ2v) is 7.25. The molecule has 0 saturated carbocycles. The summed E-state index contributed by atoms with van der Waals surface area (Å²) < 4.78 is 5.32. The van der Waals surface area contributed by atoms with Crippen molar-refractivity contribution in [3.63, 3.8) is 0 Å². The Morgan fingerprint density at radius 1 is 0.963 bits per heavy atom. The van der Waals surface area contributed by atoms with Crippen LogP contribution in [-0.2, 0) is 20.9 Å². The average Bonchev–Trinajstić information content (AvgIpc) is 2.69. The lowest BCUT2D eigenvalue weighted by Crippen LogP contribution is -2.53. The Bertz CT molecular complexity index is 638. The van der Waals surface area contributed by atoms with Crippen molar-refractivity contribution in [2.45, 2.75) is 13.5 Å². The number of nitrogens with one attached hydrogen (secondary N) is 1. The Kier molecular flexibility index (Phi) is 7.20. The molecule has 2 saturated heterocycles. The molecule has 1 N–H and O–H groups in total. The smallest absolute Gasteiger partial charge is 0.236 e. The third kappa shape index (κ3) is 6.02. The van der Waals surface area contributed by atoms with Gasteiger partial charge in [0.15, 0.2) is 0 Å². The van der Waals surface area contributed by atoms with Crippen LogP contribution in [0.25, 0.3) is 0 Å².